The van der Waals surface area contributed by atoms with Crippen molar-refractivity contribution in [2.75, 3.05) is 5.32 Å². The van der Waals surface area contributed by atoms with Crippen molar-refractivity contribution in [1.82, 2.24) is 25.2 Å². The third kappa shape index (κ3) is 3.29. The number of hydrogen-bond acceptors (Lipinski definition) is 6. The Morgan fingerprint density at radius 1 is 1.33 bits per heavy atom. The molecule has 0 spiro atoms. The van der Waals surface area contributed by atoms with Crippen LogP contribution in [-0.4, -0.2) is 31.1 Å². The Labute approximate surface area is 124 Å². The molecule has 0 bridgehead atoms. The van der Waals surface area contributed by atoms with Gasteiger partial charge in [-0.1, -0.05) is 30.3 Å². The Bertz CT molecular complexity index is 683. The van der Waals surface area contributed by atoms with Gasteiger partial charge in [-0.3, -0.25) is 4.79 Å². The van der Waals surface area contributed by atoms with E-state index in [1.807, 2.05) is 30.3 Å². The summed E-state index contributed by atoms with van der Waals surface area (Å²) < 4.78 is 1.45. The number of nitrogens with zero attached hydrogens (tertiary/aromatic N) is 5. The minimum Gasteiger partial charge on any atom is -0.300 e. The summed E-state index contributed by atoms with van der Waals surface area (Å²) >= 11 is 1.37. The van der Waals surface area contributed by atoms with Gasteiger partial charge in [-0.2, -0.15) is 0 Å². The highest BCUT2D eigenvalue weighted by molar-refractivity contribution is 7.13. The van der Waals surface area contributed by atoms with E-state index in [1.165, 1.54) is 22.3 Å². The molecular weight excluding hydrogens is 288 g/mol. The van der Waals surface area contributed by atoms with Gasteiger partial charge >= 0.3 is 0 Å². The molecule has 0 fully saturated rings. The molecule has 0 saturated carbocycles. The molecule has 2 aromatic heterocycles. The minimum atomic E-state index is -0.522. The Morgan fingerprint density at radius 2 is 2.19 bits per heavy atom. The zero-order valence-corrected chi connectivity index (χ0v) is 11.8. The van der Waals surface area contributed by atoms with Crippen LogP contribution in [0.4, 0.5) is 5.13 Å². The van der Waals surface area contributed by atoms with Crippen LogP contribution >= 0.6 is 11.3 Å². The highest BCUT2D eigenvalue weighted by Gasteiger charge is 2.23. The predicted octanol–water partition coefficient (Wildman–Crippen LogP) is 1.55. The fourth-order valence-corrected chi connectivity index (χ4v) is 2.46. The van der Waals surface area contributed by atoms with E-state index in [4.69, 9.17) is 0 Å². The Hall–Kier alpha value is -2.61. The number of tetrazole rings is 1. The van der Waals surface area contributed by atoms with Crippen LogP contribution in [0, 0.1) is 0 Å². The second-order valence-corrected chi connectivity index (χ2v) is 5.22. The Kier molecular flexibility index (Phi) is 3.97. The molecule has 1 amide bonds. The molecule has 1 N–H and O–H groups in total. The molecule has 0 aliphatic heterocycles. The van der Waals surface area contributed by atoms with E-state index in [0.29, 0.717) is 11.6 Å². The zero-order chi connectivity index (χ0) is 14.5. The van der Waals surface area contributed by atoms with Gasteiger partial charge in [-0.15, -0.1) is 16.4 Å². The van der Waals surface area contributed by atoms with Crippen molar-refractivity contribution in [3.05, 3.63) is 53.8 Å². The van der Waals surface area contributed by atoms with Gasteiger partial charge in [0.25, 0.3) is 5.91 Å². The van der Waals surface area contributed by atoms with Crippen LogP contribution in [0.1, 0.15) is 11.6 Å². The van der Waals surface area contributed by atoms with Crippen LogP contribution in [0.15, 0.2) is 48.2 Å². The van der Waals surface area contributed by atoms with Crippen LogP contribution in [0.2, 0.25) is 0 Å². The lowest BCUT2D eigenvalue weighted by molar-refractivity contribution is -0.119. The number of hydrogen-bond donors (Lipinski definition) is 1. The SMILES string of the molecule is O=C(Nc1nccs1)[C@@H](Cc1ccccc1)n1cnnn1. The lowest BCUT2D eigenvalue weighted by atomic mass is 10.1. The molecule has 7 nitrogen and oxygen atoms in total. The maximum absolute atomic E-state index is 12.5. The monoisotopic (exact) mass is 300 g/mol. The van der Waals surface area contributed by atoms with Crippen LogP contribution in [0.5, 0.6) is 0 Å². The Morgan fingerprint density at radius 3 is 2.86 bits per heavy atom. The molecule has 106 valence electrons. The molecule has 3 rings (SSSR count). The number of nitrogens with one attached hydrogen (secondary N) is 1. The third-order valence-electron chi connectivity index (χ3n) is 2.92. The second-order valence-electron chi connectivity index (χ2n) is 4.32. The van der Waals surface area contributed by atoms with Gasteiger partial charge < -0.3 is 5.32 Å². The van der Waals surface area contributed by atoms with Crippen LogP contribution in [-0.2, 0) is 11.2 Å². The maximum atomic E-state index is 12.5. The lowest BCUT2D eigenvalue weighted by Gasteiger charge is -2.15. The van der Waals surface area contributed by atoms with Gasteiger partial charge in [-0.25, -0.2) is 9.67 Å². The first kappa shape index (κ1) is 13.4. The van der Waals surface area contributed by atoms with Gasteiger partial charge in [0.05, 0.1) is 0 Å². The number of thiazole rings is 1. The molecule has 21 heavy (non-hydrogen) atoms. The van der Waals surface area contributed by atoms with Crippen molar-refractivity contribution in [2.24, 2.45) is 0 Å². The summed E-state index contributed by atoms with van der Waals surface area (Å²) in [5.74, 6) is -0.193. The van der Waals surface area contributed by atoms with Crippen molar-refractivity contribution in [3.63, 3.8) is 0 Å². The van der Waals surface area contributed by atoms with E-state index in [1.54, 1.807) is 11.6 Å². The van der Waals surface area contributed by atoms with E-state index in [-0.39, 0.29) is 5.91 Å². The molecule has 3 aromatic rings. The summed E-state index contributed by atoms with van der Waals surface area (Å²) in [5.41, 5.74) is 1.03. The second kappa shape index (κ2) is 6.23. The molecular formula is C13H12N6OS. The highest BCUT2D eigenvalue weighted by Crippen LogP contribution is 2.17. The van der Waals surface area contributed by atoms with Gasteiger partial charge in [-0.05, 0) is 16.0 Å². The topological polar surface area (TPSA) is 85.6 Å². The zero-order valence-electron chi connectivity index (χ0n) is 11.0. The average molecular weight is 300 g/mol. The van der Waals surface area contributed by atoms with Crippen molar-refractivity contribution in [1.29, 1.82) is 0 Å². The van der Waals surface area contributed by atoms with Crippen molar-refractivity contribution in [2.45, 2.75) is 12.5 Å². The number of carbonyl (C=O) groups is 1. The number of carbonyl (C=O) groups excluding carboxylic acids is 1. The lowest BCUT2D eigenvalue weighted by Crippen LogP contribution is -2.28. The quantitative estimate of drug-likeness (QED) is 0.772. The van der Waals surface area contributed by atoms with Gasteiger partial charge in [0.15, 0.2) is 5.13 Å². The molecule has 1 atom stereocenters. The van der Waals surface area contributed by atoms with E-state index in [9.17, 15) is 4.79 Å². The fourth-order valence-electron chi connectivity index (χ4n) is 1.93. The normalized spacial score (nSPS) is 12.0. The first-order valence-corrected chi connectivity index (χ1v) is 7.17. The molecule has 1 aromatic carbocycles. The molecule has 8 heteroatoms. The van der Waals surface area contributed by atoms with Crippen molar-refractivity contribution >= 4 is 22.4 Å². The molecule has 2 heterocycles. The summed E-state index contributed by atoms with van der Waals surface area (Å²) in [6.07, 6.45) is 3.58. The number of rotatable bonds is 5. The van der Waals surface area contributed by atoms with Gasteiger partial charge in [0.1, 0.15) is 12.4 Å². The maximum Gasteiger partial charge on any atom is 0.251 e. The van der Waals surface area contributed by atoms with Crippen molar-refractivity contribution < 1.29 is 4.79 Å². The molecule has 0 saturated heterocycles. The third-order valence-corrected chi connectivity index (χ3v) is 3.61. The Balaban J connectivity index is 1.81. The van der Waals surface area contributed by atoms with Gasteiger partial charge in [0.2, 0.25) is 0 Å². The number of amides is 1. The number of aromatic nitrogens is 5. The van der Waals surface area contributed by atoms with Crippen molar-refractivity contribution in [3.8, 4) is 0 Å². The highest BCUT2D eigenvalue weighted by atomic mass is 32.1. The predicted molar refractivity (Wildman–Crippen MR) is 77.7 cm³/mol. The summed E-state index contributed by atoms with van der Waals surface area (Å²) in [5, 5.41) is 16.2. The summed E-state index contributed by atoms with van der Waals surface area (Å²) in [6.45, 7) is 0. The van der Waals surface area contributed by atoms with Crippen LogP contribution in [0.3, 0.4) is 0 Å². The van der Waals surface area contributed by atoms with E-state index in [2.05, 4.69) is 25.8 Å². The first-order chi connectivity index (χ1) is 10.3. The summed E-state index contributed by atoms with van der Waals surface area (Å²) in [6, 6.07) is 9.22. The van der Waals surface area contributed by atoms with Crippen LogP contribution < -0.4 is 5.32 Å². The molecule has 0 aliphatic rings. The van der Waals surface area contributed by atoms with Gasteiger partial charge in [0, 0.05) is 18.0 Å². The van der Waals surface area contributed by atoms with E-state index in [0.717, 1.165) is 5.56 Å². The van der Waals surface area contributed by atoms with E-state index >= 15 is 0 Å². The summed E-state index contributed by atoms with van der Waals surface area (Å²) in [7, 11) is 0. The molecule has 0 radical (unpaired) electrons. The van der Waals surface area contributed by atoms with E-state index < -0.39 is 6.04 Å². The fraction of sp³-hybridized carbons (Fsp3) is 0.154. The first-order valence-electron chi connectivity index (χ1n) is 6.29. The summed E-state index contributed by atoms with van der Waals surface area (Å²) in [4.78, 5) is 16.5. The number of benzene rings is 1. The average Bonchev–Trinajstić information content (AvgIpc) is 3.19. The molecule has 0 aliphatic carbocycles. The minimum absolute atomic E-state index is 0.193. The smallest absolute Gasteiger partial charge is 0.251 e. The largest absolute Gasteiger partial charge is 0.300 e. The number of anilines is 1. The standard InChI is InChI=1S/C13H12N6OS/c20-12(16-13-14-6-7-21-13)11(19-9-15-17-18-19)8-10-4-2-1-3-5-10/h1-7,9,11H,8H2,(H,14,16,20)/t11-/m1/s1. The molecule has 0 unspecified atom stereocenters. The van der Waals surface area contributed by atoms with Crippen LogP contribution in [0.25, 0.3) is 0 Å².